The van der Waals surface area contributed by atoms with Gasteiger partial charge in [0.05, 0.1) is 16.8 Å². The number of hydrogen-bond donors (Lipinski definition) is 2. The van der Waals surface area contributed by atoms with Gasteiger partial charge in [0.2, 0.25) is 0 Å². The highest BCUT2D eigenvalue weighted by molar-refractivity contribution is 5.06. The molecule has 2 unspecified atom stereocenters. The van der Waals surface area contributed by atoms with Gasteiger partial charge < -0.3 is 20.1 Å². The van der Waals surface area contributed by atoms with Crippen molar-refractivity contribution in [1.29, 1.82) is 0 Å². The van der Waals surface area contributed by atoms with Crippen LogP contribution in [-0.2, 0) is 4.74 Å². The second-order valence-electron chi connectivity index (χ2n) is 8.31. The SMILES string of the molecule is CNC1C(CN(C)CC2(O)CCCC2)C(C)(C)OC1(C)C. The van der Waals surface area contributed by atoms with E-state index in [1.807, 2.05) is 7.05 Å². The first-order chi connectivity index (χ1) is 9.60. The van der Waals surface area contributed by atoms with Crippen LogP contribution in [0.15, 0.2) is 0 Å². The fourth-order valence-corrected chi connectivity index (χ4v) is 4.67. The summed E-state index contributed by atoms with van der Waals surface area (Å²) in [5.41, 5.74) is -0.777. The first-order valence-electron chi connectivity index (χ1n) is 8.38. The van der Waals surface area contributed by atoms with Gasteiger partial charge in [-0.2, -0.15) is 0 Å². The molecule has 1 aliphatic heterocycles. The summed E-state index contributed by atoms with van der Waals surface area (Å²) in [6.07, 6.45) is 4.22. The van der Waals surface area contributed by atoms with Crippen molar-refractivity contribution in [2.75, 3.05) is 27.2 Å². The van der Waals surface area contributed by atoms with Crippen LogP contribution in [0.4, 0.5) is 0 Å². The van der Waals surface area contributed by atoms with Crippen molar-refractivity contribution in [2.24, 2.45) is 5.92 Å². The molecule has 1 heterocycles. The maximum Gasteiger partial charge on any atom is 0.0790 e. The first kappa shape index (κ1) is 17.2. The Morgan fingerprint density at radius 1 is 1.14 bits per heavy atom. The summed E-state index contributed by atoms with van der Waals surface area (Å²) in [6, 6.07) is 0.327. The average molecular weight is 298 g/mol. The molecule has 2 fully saturated rings. The molecule has 2 aliphatic rings. The van der Waals surface area contributed by atoms with E-state index in [-0.39, 0.29) is 11.2 Å². The topological polar surface area (TPSA) is 44.7 Å². The van der Waals surface area contributed by atoms with Gasteiger partial charge in [0.15, 0.2) is 0 Å². The Morgan fingerprint density at radius 2 is 1.71 bits per heavy atom. The Balaban J connectivity index is 2.02. The van der Waals surface area contributed by atoms with Crippen LogP contribution in [0.1, 0.15) is 53.4 Å². The van der Waals surface area contributed by atoms with Gasteiger partial charge in [0.1, 0.15) is 0 Å². The molecular formula is C17H34N2O2. The van der Waals surface area contributed by atoms with Gasteiger partial charge in [-0.15, -0.1) is 0 Å². The van der Waals surface area contributed by atoms with Crippen molar-refractivity contribution < 1.29 is 9.84 Å². The highest BCUT2D eigenvalue weighted by Crippen LogP contribution is 2.42. The minimum absolute atomic E-state index is 0.149. The molecule has 0 aromatic rings. The molecule has 2 atom stereocenters. The number of ether oxygens (including phenoxy) is 1. The third-order valence-electron chi connectivity index (χ3n) is 5.49. The van der Waals surface area contributed by atoms with Crippen LogP contribution < -0.4 is 5.32 Å². The summed E-state index contributed by atoms with van der Waals surface area (Å²) in [5, 5.41) is 14.1. The van der Waals surface area contributed by atoms with Crippen LogP contribution in [0.5, 0.6) is 0 Å². The highest BCUT2D eigenvalue weighted by Gasteiger charge is 2.53. The van der Waals surface area contributed by atoms with E-state index in [0.717, 1.165) is 38.8 Å². The van der Waals surface area contributed by atoms with Crippen LogP contribution in [0.2, 0.25) is 0 Å². The number of likely N-dealkylation sites (N-methyl/N-ethyl adjacent to an activating group) is 2. The molecular weight excluding hydrogens is 264 g/mol. The van der Waals surface area contributed by atoms with E-state index in [0.29, 0.717) is 12.0 Å². The summed E-state index contributed by atoms with van der Waals surface area (Å²) in [4.78, 5) is 2.30. The zero-order valence-corrected chi connectivity index (χ0v) is 14.7. The Bertz CT molecular complexity index is 362. The van der Waals surface area contributed by atoms with Crippen molar-refractivity contribution in [3.63, 3.8) is 0 Å². The zero-order valence-electron chi connectivity index (χ0n) is 14.7. The van der Waals surface area contributed by atoms with E-state index in [2.05, 4.69) is 45.0 Å². The normalized spacial score (nSPS) is 33.7. The molecule has 0 bridgehead atoms. The van der Waals surface area contributed by atoms with Gasteiger partial charge in [-0.1, -0.05) is 12.8 Å². The van der Waals surface area contributed by atoms with Gasteiger partial charge in [-0.25, -0.2) is 0 Å². The van der Waals surface area contributed by atoms with Gasteiger partial charge in [0, 0.05) is 25.0 Å². The largest absolute Gasteiger partial charge is 0.389 e. The fraction of sp³-hybridized carbons (Fsp3) is 1.00. The Morgan fingerprint density at radius 3 is 2.24 bits per heavy atom. The molecule has 2 N–H and O–H groups in total. The monoisotopic (exact) mass is 298 g/mol. The molecule has 124 valence electrons. The lowest BCUT2D eigenvalue weighted by molar-refractivity contribution is -0.0804. The van der Waals surface area contributed by atoms with Crippen LogP contribution in [-0.4, -0.2) is 60.0 Å². The molecule has 21 heavy (non-hydrogen) atoms. The molecule has 1 saturated heterocycles. The maximum absolute atomic E-state index is 10.6. The number of aliphatic hydroxyl groups is 1. The van der Waals surface area contributed by atoms with E-state index in [1.54, 1.807) is 0 Å². The summed E-state index contributed by atoms with van der Waals surface area (Å²) < 4.78 is 6.30. The lowest BCUT2D eigenvalue weighted by atomic mass is 9.82. The molecule has 1 aliphatic carbocycles. The third kappa shape index (κ3) is 3.61. The molecule has 0 aromatic heterocycles. The lowest BCUT2D eigenvalue weighted by Crippen LogP contribution is -2.51. The Hall–Kier alpha value is -0.160. The van der Waals surface area contributed by atoms with Crippen molar-refractivity contribution >= 4 is 0 Å². The summed E-state index contributed by atoms with van der Waals surface area (Å²) in [6.45, 7) is 10.4. The second-order valence-corrected chi connectivity index (χ2v) is 8.31. The highest BCUT2D eigenvalue weighted by atomic mass is 16.5. The van der Waals surface area contributed by atoms with E-state index >= 15 is 0 Å². The molecule has 0 amide bonds. The lowest BCUT2D eigenvalue weighted by Gasteiger charge is -2.35. The van der Waals surface area contributed by atoms with Gasteiger partial charge >= 0.3 is 0 Å². The van der Waals surface area contributed by atoms with Gasteiger partial charge in [-0.3, -0.25) is 0 Å². The first-order valence-corrected chi connectivity index (χ1v) is 8.38. The predicted molar refractivity (Wildman–Crippen MR) is 86.5 cm³/mol. The van der Waals surface area contributed by atoms with E-state index < -0.39 is 5.60 Å². The van der Waals surface area contributed by atoms with E-state index in [9.17, 15) is 5.11 Å². The second kappa shape index (κ2) is 5.80. The zero-order chi connectivity index (χ0) is 15.9. The third-order valence-corrected chi connectivity index (χ3v) is 5.49. The van der Waals surface area contributed by atoms with Crippen LogP contribution >= 0.6 is 0 Å². The molecule has 0 spiro atoms. The van der Waals surface area contributed by atoms with E-state index in [1.165, 1.54) is 0 Å². The Kier molecular flexibility index (Phi) is 4.75. The summed E-state index contributed by atoms with van der Waals surface area (Å²) >= 11 is 0. The van der Waals surface area contributed by atoms with Crippen LogP contribution in [0.3, 0.4) is 0 Å². The van der Waals surface area contributed by atoms with Crippen molar-refractivity contribution in [3.05, 3.63) is 0 Å². The van der Waals surface area contributed by atoms with Crippen molar-refractivity contribution in [1.82, 2.24) is 10.2 Å². The smallest absolute Gasteiger partial charge is 0.0790 e. The predicted octanol–water partition coefficient (Wildman–Crippen LogP) is 2.01. The minimum Gasteiger partial charge on any atom is -0.389 e. The standard InChI is InChI=1S/C17H34N2O2/c1-15(2)13(14(18-5)16(3,4)21-15)11-19(6)12-17(20)9-7-8-10-17/h13-14,18,20H,7-12H2,1-6H3. The average Bonchev–Trinajstić information content (AvgIpc) is 2.79. The number of hydrogen-bond acceptors (Lipinski definition) is 4. The van der Waals surface area contributed by atoms with Crippen LogP contribution in [0.25, 0.3) is 0 Å². The number of nitrogens with zero attached hydrogens (tertiary/aromatic N) is 1. The fourth-order valence-electron chi connectivity index (χ4n) is 4.67. The summed E-state index contributed by atoms with van der Waals surface area (Å²) in [5.74, 6) is 0.410. The number of rotatable bonds is 5. The van der Waals surface area contributed by atoms with E-state index in [4.69, 9.17) is 4.74 Å². The molecule has 1 saturated carbocycles. The van der Waals surface area contributed by atoms with Gasteiger partial charge in [0.25, 0.3) is 0 Å². The van der Waals surface area contributed by atoms with Crippen molar-refractivity contribution in [2.45, 2.75) is 76.2 Å². The Labute approximate surface area is 130 Å². The number of nitrogens with one attached hydrogen (secondary N) is 1. The summed E-state index contributed by atoms with van der Waals surface area (Å²) in [7, 11) is 4.15. The molecule has 4 heteroatoms. The molecule has 0 radical (unpaired) electrons. The molecule has 4 nitrogen and oxygen atoms in total. The molecule has 0 aromatic carbocycles. The van der Waals surface area contributed by atoms with Crippen LogP contribution in [0, 0.1) is 5.92 Å². The quantitative estimate of drug-likeness (QED) is 0.815. The molecule has 2 rings (SSSR count). The van der Waals surface area contributed by atoms with Crippen molar-refractivity contribution in [3.8, 4) is 0 Å². The van der Waals surface area contributed by atoms with Gasteiger partial charge in [-0.05, 0) is 54.6 Å². The maximum atomic E-state index is 10.6. The minimum atomic E-state index is -0.469.